The summed E-state index contributed by atoms with van der Waals surface area (Å²) in [5.41, 5.74) is 6.81. The van der Waals surface area contributed by atoms with Crippen molar-refractivity contribution in [2.75, 3.05) is 11.5 Å². The van der Waals surface area contributed by atoms with E-state index in [0.29, 0.717) is 23.6 Å². The number of thioether (sulfide) groups is 1. The van der Waals surface area contributed by atoms with Crippen LogP contribution in [-0.2, 0) is 11.3 Å². The molecule has 1 aromatic rings. The number of imide groups is 1. The van der Waals surface area contributed by atoms with Gasteiger partial charge in [0.25, 0.3) is 5.24 Å². The van der Waals surface area contributed by atoms with E-state index in [2.05, 4.69) is 4.98 Å². The summed E-state index contributed by atoms with van der Waals surface area (Å²) in [7, 11) is 0. The van der Waals surface area contributed by atoms with E-state index >= 15 is 0 Å². The average molecular weight is 237 g/mol. The molecule has 0 bridgehead atoms. The Bertz CT molecular complexity index is 420. The van der Waals surface area contributed by atoms with E-state index in [0.717, 1.165) is 11.8 Å². The molecule has 1 fully saturated rings. The maximum Gasteiger partial charge on any atom is 0.288 e. The van der Waals surface area contributed by atoms with Crippen molar-refractivity contribution < 1.29 is 9.59 Å². The minimum atomic E-state index is -0.208. The van der Waals surface area contributed by atoms with E-state index in [4.69, 9.17) is 5.73 Å². The van der Waals surface area contributed by atoms with Gasteiger partial charge in [-0.05, 0) is 12.1 Å². The van der Waals surface area contributed by atoms with E-state index in [1.54, 1.807) is 18.3 Å². The summed E-state index contributed by atoms with van der Waals surface area (Å²) >= 11 is 1.16. The highest BCUT2D eigenvalue weighted by Gasteiger charge is 2.26. The van der Waals surface area contributed by atoms with Crippen molar-refractivity contribution in [2.45, 2.75) is 13.0 Å². The molecule has 1 aliphatic heterocycles. The lowest BCUT2D eigenvalue weighted by Gasteiger charge is -2.23. The van der Waals surface area contributed by atoms with E-state index < -0.39 is 0 Å². The first kappa shape index (κ1) is 10.9. The maximum absolute atomic E-state index is 11.5. The fourth-order valence-corrected chi connectivity index (χ4v) is 2.21. The minimum Gasteiger partial charge on any atom is -0.399 e. The molecule has 1 saturated heterocycles. The molecule has 0 unspecified atom stereocenters. The number of aromatic nitrogens is 1. The Morgan fingerprint density at radius 1 is 1.50 bits per heavy atom. The monoisotopic (exact) mass is 237 g/mol. The lowest BCUT2D eigenvalue weighted by atomic mass is 10.3. The molecule has 1 aliphatic rings. The van der Waals surface area contributed by atoms with E-state index in [1.807, 2.05) is 0 Å². The molecule has 2 N–H and O–H groups in total. The molecule has 2 amide bonds. The second kappa shape index (κ2) is 4.52. The van der Waals surface area contributed by atoms with E-state index in [9.17, 15) is 9.59 Å². The first-order valence-electron chi connectivity index (χ1n) is 4.84. The van der Waals surface area contributed by atoms with E-state index in [1.165, 1.54) is 4.90 Å². The molecule has 16 heavy (non-hydrogen) atoms. The third kappa shape index (κ3) is 2.33. The van der Waals surface area contributed by atoms with Crippen LogP contribution in [0.2, 0.25) is 0 Å². The Morgan fingerprint density at radius 3 is 3.00 bits per heavy atom. The van der Waals surface area contributed by atoms with Crippen LogP contribution in [0.4, 0.5) is 10.5 Å². The average Bonchev–Trinajstić information content (AvgIpc) is 2.24. The van der Waals surface area contributed by atoms with Crippen LogP contribution in [-0.4, -0.2) is 26.8 Å². The number of hydrogen-bond donors (Lipinski definition) is 1. The number of pyridine rings is 1. The van der Waals surface area contributed by atoms with Crippen LogP contribution in [0, 0.1) is 0 Å². The molecule has 0 atom stereocenters. The predicted molar refractivity (Wildman–Crippen MR) is 61.7 cm³/mol. The van der Waals surface area contributed by atoms with Gasteiger partial charge in [0.15, 0.2) is 0 Å². The topological polar surface area (TPSA) is 76.3 Å². The summed E-state index contributed by atoms with van der Waals surface area (Å²) < 4.78 is 0. The van der Waals surface area contributed by atoms with Crippen LogP contribution < -0.4 is 5.73 Å². The molecular formula is C10H11N3O2S. The zero-order valence-corrected chi connectivity index (χ0v) is 9.37. The third-order valence-corrected chi connectivity index (χ3v) is 3.10. The second-order valence-corrected chi connectivity index (χ2v) is 4.47. The van der Waals surface area contributed by atoms with Crippen LogP contribution in [0.15, 0.2) is 18.3 Å². The standard InChI is InChI=1S/C10H11N3O2S/c11-7-1-3-12-8(5-7)6-13-9(14)2-4-16-10(13)15/h1,3,5H,2,4,6H2,(H2,11,12). The molecule has 84 valence electrons. The fraction of sp³-hybridized carbons (Fsp3) is 0.300. The maximum atomic E-state index is 11.5. The molecule has 0 saturated carbocycles. The minimum absolute atomic E-state index is 0.145. The van der Waals surface area contributed by atoms with Gasteiger partial charge in [-0.1, -0.05) is 11.8 Å². The van der Waals surface area contributed by atoms with Gasteiger partial charge in [0.2, 0.25) is 5.91 Å². The number of hydrogen-bond acceptors (Lipinski definition) is 5. The molecular weight excluding hydrogens is 226 g/mol. The molecule has 0 aliphatic carbocycles. The molecule has 5 nitrogen and oxygen atoms in total. The van der Waals surface area contributed by atoms with Crippen molar-refractivity contribution >= 4 is 28.6 Å². The van der Waals surface area contributed by atoms with Gasteiger partial charge in [-0.3, -0.25) is 19.5 Å². The zero-order chi connectivity index (χ0) is 11.5. The Balaban J connectivity index is 2.13. The van der Waals surface area contributed by atoms with Gasteiger partial charge in [0.05, 0.1) is 12.2 Å². The number of carbonyl (C=O) groups is 2. The van der Waals surface area contributed by atoms with Gasteiger partial charge >= 0.3 is 0 Å². The molecule has 0 aromatic carbocycles. The van der Waals surface area contributed by atoms with Gasteiger partial charge in [-0.2, -0.15) is 0 Å². The first-order valence-corrected chi connectivity index (χ1v) is 5.83. The Kier molecular flexibility index (Phi) is 3.09. The van der Waals surface area contributed by atoms with Crippen LogP contribution in [0.3, 0.4) is 0 Å². The fourth-order valence-electron chi connectivity index (χ4n) is 1.44. The van der Waals surface area contributed by atoms with Gasteiger partial charge in [0.1, 0.15) is 0 Å². The first-order chi connectivity index (χ1) is 7.66. The molecule has 1 aromatic heterocycles. The summed E-state index contributed by atoms with van der Waals surface area (Å²) in [6.45, 7) is 0.204. The second-order valence-electron chi connectivity index (χ2n) is 3.42. The van der Waals surface area contributed by atoms with Crippen molar-refractivity contribution in [3.8, 4) is 0 Å². The number of nitrogens with two attached hydrogens (primary N) is 1. The van der Waals surface area contributed by atoms with Crippen molar-refractivity contribution in [1.29, 1.82) is 0 Å². The Hall–Kier alpha value is -1.56. The number of amides is 2. The molecule has 0 spiro atoms. The van der Waals surface area contributed by atoms with Crippen molar-refractivity contribution in [1.82, 2.24) is 9.88 Å². The predicted octanol–water partition coefficient (Wildman–Crippen LogP) is 1.25. The van der Waals surface area contributed by atoms with Crippen LogP contribution in [0.1, 0.15) is 12.1 Å². The molecule has 0 radical (unpaired) electrons. The van der Waals surface area contributed by atoms with Crippen molar-refractivity contribution in [2.24, 2.45) is 0 Å². The van der Waals surface area contributed by atoms with Crippen LogP contribution in [0.5, 0.6) is 0 Å². The van der Waals surface area contributed by atoms with Gasteiger partial charge in [-0.25, -0.2) is 0 Å². The van der Waals surface area contributed by atoms with Gasteiger partial charge < -0.3 is 5.73 Å². The van der Waals surface area contributed by atoms with Crippen LogP contribution >= 0.6 is 11.8 Å². The lowest BCUT2D eigenvalue weighted by molar-refractivity contribution is -0.128. The summed E-state index contributed by atoms with van der Waals surface area (Å²) in [4.78, 5) is 28.3. The number of nitrogen functional groups attached to an aromatic ring is 1. The summed E-state index contributed by atoms with van der Waals surface area (Å²) in [5.74, 6) is 0.423. The SMILES string of the molecule is Nc1ccnc(CN2C(=O)CCSC2=O)c1. The molecule has 6 heteroatoms. The molecule has 2 heterocycles. The highest BCUT2D eigenvalue weighted by Crippen LogP contribution is 2.20. The van der Waals surface area contributed by atoms with E-state index in [-0.39, 0.29) is 17.7 Å². The number of anilines is 1. The lowest BCUT2D eigenvalue weighted by Crippen LogP contribution is -2.37. The quantitative estimate of drug-likeness (QED) is 0.837. The Labute approximate surface area is 97.0 Å². The van der Waals surface area contributed by atoms with Crippen molar-refractivity contribution in [3.05, 3.63) is 24.0 Å². The van der Waals surface area contributed by atoms with Gasteiger partial charge in [-0.15, -0.1) is 0 Å². The van der Waals surface area contributed by atoms with Crippen LogP contribution in [0.25, 0.3) is 0 Å². The normalized spacial score (nSPS) is 16.6. The number of carbonyl (C=O) groups excluding carboxylic acids is 2. The highest BCUT2D eigenvalue weighted by atomic mass is 32.2. The van der Waals surface area contributed by atoms with Crippen molar-refractivity contribution in [3.63, 3.8) is 0 Å². The summed E-state index contributed by atoms with van der Waals surface area (Å²) in [6, 6.07) is 3.33. The zero-order valence-electron chi connectivity index (χ0n) is 8.55. The smallest absolute Gasteiger partial charge is 0.288 e. The summed E-state index contributed by atoms with van der Waals surface area (Å²) in [6.07, 6.45) is 1.97. The highest BCUT2D eigenvalue weighted by molar-refractivity contribution is 8.13. The largest absolute Gasteiger partial charge is 0.399 e. The Morgan fingerprint density at radius 2 is 2.31 bits per heavy atom. The third-order valence-electron chi connectivity index (χ3n) is 2.22. The summed E-state index contributed by atoms with van der Waals surface area (Å²) in [5, 5.41) is -0.208. The molecule has 2 rings (SSSR count). The number of rotatable bonds is 2. The number of nitrogens with zero attached hydrogens (tertiary/aromatic N) is 2. The van der Waals surface area contributed by atoms with Gasteiger partial charge in [0, 0.05) is 24.1 Å².